The van der Waals surface area contributed by atoms with Crippen molar-refractivity contribution < 1.29 is 71.1 Å². The van der Waals surface area contributed by atoms with Crippen LogP contribution in [-0.2, 0) is 42.6 Å². The zero-order valence-electron chi connectivity index (χ0n) is 42.9. The summed E-state index contributed by atoms with van der Waals surface area (Å²) in [7, 11) is 15.3. The van der Waals surface area contributed by atoms with Gasteiger partial charge >= 0.3 is 0 Å². The summed E-state index contributed by atoms with van der Waals surface area (Å²) in [5.74, 6) is 3.85. The number of methoxy groups -OCH3 is 7. The van der Waals surface area contributed by atoms with Gasteiger partial charge in [-0.25, -0.2) is 0 Å². The molecule has 0 saturated carbocycles. The lowest BCUT2D eigenvalue weighted by Gasteiger charge is -2.32. The van der Waals surface area contributed by atoms with Crippen LogP contribution in [0.1, 0.15) is 26.7 Å². The standard InChI is InChI=1S/C51H83N3O15/c1-37(52-3)51(38(2)53-4)54-28-46(31-64-41-17-13-16-40(26-41)63-24-22-50(60-10)61-11)68-36-49(35-67-44-20-14-19-43(27-44)65-32-47(58-8)30-56-6)69-34-48(59-9)33-66-42-18-12-15-39(25-42)62-23-21-45(57-7)29-55-5/h12-20,25-27,37-38,45-54H,21-24,28-36H2,1-11H3. The molecule has 7 unspecified atom stereocenters. The van der Waals surface area contributed by atoms with E-state index in [9.17, 15) is 0 Å². The Bertz CT molecular complexity index is 1720. The van der Waals surface area contributed by atoms with Gasteiger partial charge in [-0.15, -0.1) is 0 Å². The minimum atomic E-state index is -0.539. The quantitative estimate of drug-likeness (QED) is 0.0644. The smallest absolute Gasteiger partial charge is 0.160 e. The van der Waals surface area contributed by atoms with Gasteiger partial charge in [0.1, 0.15) is 85.3 Å². The molecule has 0 radical (unpaired) electrons. The summed E-state index contributed by atoms with van der Waals surface area (Å²) in [4.78, 5) is 0. The van der Waals surface area contributed by atoms with Crippen LogP contribution in [0.2, 0.25) is 0 Å². The van der Waals surface area contributed by atoms with E-state index >= 15 is 0 Å². The highest BCUT2D eigenvalue weighted by molar-refractivity contribution is 5.34. The second-order valence-corrected chi connectivity index (χ2v) is 16.3. The molecular formula is C51H83N3O15. The largest absolute Gasteiger partial charge is 0.493 e. The van der Waals surface area contributed by atoms with Crippen LogP contribution in [0, 0.1) is 0 Å². The van der Waals surface area contributed by atoms with E-state index in [1.807, 2.05) is 86.9 Å². The molecule has 3 aromatic rings. The Balaban J connectivity index is 1.77. The van der Waals surface area contributed by atoms with Crippen molar-refractivity contribution in [1.29, 1.82) is 0 Å². The van der Waals surface area contributed by atoms with E-state index in [1.54, 1.807) is 49.8 Å². The number of likely N-dealkylation sites (N-methyl/N-ethyl adjacent to an activating group) is 2. The van der Waals surface area contributed by atoms with Crippen molar-refractivity contribution in [2.75, 3.05) is 136 Å². The monoisotopic (exact) mass is 978 g/mol. The molecule has 0 aromatic heterocycles. The Hall–Kier alpha value is -4.02. The predicted molar refractivity (Wildman–Crippen MR) is 264 cm³/mol. The van der Waals surface area contributed by atoms with Crippen LogP contribution in [-0.4, -0.2) is 191 Å². The fourth-order valence-electron chi connectivity index (χ4n) is 6.85. The third-order valence-corrected chi connectivity index (χ3v) is 11.3. The summed E-state index contributed by atoms with van der Waals surface area (Å²) >= 11 is 0. The molecule has 69 heavy (non-hydrogen) atoms. The molecule has 0 heterocycles. The molecule has 0 saturated heterocycles. The Morgan fingerprint density at radius 2 is 0.783 bits per heavy atom. The first-order chi connectivity index (χ1) is 33.6. The van der Waals surface area contributed by atoms with Gasteiger partial charge in [0.25, 0.3) is 0 Å². The fourth-order valence-corrected chi connectivity index (χ4v) is 6.85. The molecule has 0 aliphatic heterocycles. The molecule has 3 aromatic carbocycles. The summed E-state index contributed by atoms with van der Waals surface area (Å²) < 4.78 is 88.0. The van der Waals surface area contributed by atoms with Crippen LogP contribution in [0.15, 0.2) is 72.8 Å². The molecular weight excluding hydrogens is 895 g/mol. The molecule has 3 N–H and O–H groups in total. The van der Waals surface area contributed by atoms with Crippen molar-refractivity contribution in [3.8, 4) is 34.5 Å². The molecule has 18 nitrogen and oxygen atoms in total. The van der Waals surface area contributed by atoms with Crippen molar-refractivity contribution in [3.05, 3.63) is 72.8 Å². The highest BCUT2D eigenvalue weighted by Gasteiger charge is 2.25. The predicted octanol–water partition coefficient (Wildman–Crippen LogP) is 5.04. The van der Waals surface area contributed by atoms with Crippen LogP contribution in [0.3, 0.4) is 0 Å². The van der Waals surface area contributed by atoms with Gasteiger partial charge < -0.3 is 87.0 Å². The zero-order chi connectivity index (χ0) is 50.1. The summed E-state index contributed by atoms with van der Waals surface area (Å²) in [5, 5.41) is 10.5. The third-order valence-electron chi connectivity index (χ3n) is 11.3. The maximum absolute atomic E-state index is 6.69. The van der Waals surface area contributed by atoms with Crippen molar-refractivity contribution in [2.45, 2.75) is 81.6 Å². The highest BCUT2D eigenvalue weighted by Crippen LogP contribution is 2.23. The Morgan fingerprint density at radius 3 is 1.22 bits per heavy atom. The van der Waals surface area contributed by atoms with Gasteiger partial charge in [-0.05, 0) is 64.3 Å². The summed E-state index contributed by atoms with van der Waals surface area (Å²) in [6, 6.07) is 22.8. The average Bonchev–Trinajstić information content (AvgIpc) is 3.38. The normalized spacial score (nSPS) is 15.1. The van der Waals surface area contributed by atoms with Crippen molar-refractivity contribution in [3.63, 3.8) is 0 Å². The van der Waals surface area contributed by atoms with E-state index in [-0.39, 0.29) is 69.7 Å². The average molecular weight is 978 g/mol. The second-order valence-electron chi connectivity index (χ2n) is 16.3. The molecule has 0 amide bonds. The lowest BCUT2D eigenvalue weighted by molar-refractivity contribution is -0.110. The Kier molecular flexibility index (Phi) is 30.9. The Labute approximate surface area is 411 Å². The zero-order valence-corrected chi connectivity index (χ0v) is 42.9. The number of hydrogen-bond donors (Lipinski definition) is 3. The Morgan fingerprint density at radius 1 is 0.406 bits per heavy atom. The maximum atomic E-state index is 6.69. The molecule has 18 heteroatoms. The lowest BCUT2D eigenvalue weighted by atomic mass is 10.0. The summed E-state index contributed by atoms with van der Waals surface area (Å²) in [6.45, 7) is 7.81. The molecule has 0 spiro atoms. The summed E-state index contributed by atoms with van der Waals surface area (Å²) in [6.07, 6.45) is -0.744. The van der Waals surface area contributed by atoms with Gasteiger partial charge in [-0.2, -0.15) is 0 Å². The molecule has 7 atom stereocenters. The first-order valence-electron chi connectivity index (χ1n) is 23.6. The molecule has 3 rings (SSSR count). The number of rotatable bonds is 42. The molecule has 0 fully saturated rings. The van der Waals surface area contributed by atoms with Crippen molar-refractivity contribution in [1.82, 2.24) is 16.0 Å². The highest BCUT2D eigenvalue weighted by atomic mass is 16.7. The first-order valence-corrected chi connectivity index (χ1v) is 23.6. The van der Waals surface area contributed by atoms with Gasteiger partial charge in [0.2, 0.25) is 0 Å². The second kappa shape index (κ2) is 36.0. The van der Waals surface area contributed by atoms with Crippen LogP contribution >= 0.6 is 0 Å². The van der Waals surface area contributed by atoms with E-state index in [4.69, 9.17) is 71.1 Å². The van der Waals surface area contributed by atoms with E-state index in [1.165, 1.54) is 0 Å². The van der Waals surface area contributed by atoms with Crippen molar-refractivity contribution >= 4 is 0 Å². The van der Waals surface area contributed by atoms with E-state index in [2.05, 4.69) is 29.8 Å². The minimum absolute atomic E-state index is 0.0514. The van der Waals surface area contributed by atoms with Gasteiger partial charge in [-0.1, -0.05) is 18.2 Å². The maximum Gasteiger partial charge on any atom is 0.160 e. The SMILES string of the molecule is CNC(C)C(NCC(COc1cccc(OCCC(OC)OC)c1)OCC(COc1cccc(OCC(COC)OC)c1)OCC(COc1cccc(OCCC(COC)OC)c1)OC)C(C)NC. The number of hydrogen-bond acceptors (Lipinski definition) is 18. The van der Waals surface area contributed by atoms with Crippen LogP contribution in [0.4, 0.5) is 0 Å². The third kappa shape index (κ3) is 24.1. The number of ether oxygens (including phenoxy) is 15. The van der Waals surface area contributed by atoms with E-state index in [0.29, 0.717) is 86.9 Å². The van der Waals surface area contributed by atoms with Gasteiger partial charge in [0.15, 0.2) is 6.29 Å². The van der Waals surface area contributed by atoms with Gasteiger partial charge in [0, 0.05) is 105 Å². The van der Waals surface area contributed by atoms with Crippen LogP contribution in [0.5, 0.6) is 34.5 Å². The topological polar surface area (TPSA) is 175 Å². The molecule has 392 valence electrons. The van der Waals surface area contributed by atoms with Crippen LogP contribution < -0.4 is 44.4 Å². The van der Waals surface area contributed by atoms with E-state index < -0.39 is 18.3 Å². The molecule has 0 bridgehead atoms. The molecule has 0 aliphatic carbocycles. The van der Waals surface area contributed by atoms with Gasteiger partial charge in [0.05, 0.1) is 45.7 Å². The molecule has 0 aliphatic rings. The first kappa shape index (κ1) is 59.3. The number of nitrogens with one attached hydrogen (secondary N) is 3. The van der Waals surface area contributed by atoms with Crippen molar-refractivity contribution in [2.24, 2.45) is 0 Å². The lowest BCUT2D eigenvalue weighted by Crippen LogP contribution is -2.57. The summed E-state index contributed by atoms with van der Waals surface area (Å²) in [5.41, 5.74) is 0. The van der Waals surface area contributed by atoms with Crippen LogP contribution in [0.25, 0.3) is 0 Å². The number of benzene rings is 3. The van der Waals surface area contributed by atoms with E-state index in [0.717, 1.165) is 0 Å². The minimum Gasteiger partial charge on any atom is -0.493 e. The fraction of sp³-hybridized carbons (Fsp3) is 0.647. The van der Waals surface area contributed by atoms with Gasteiger partial charge in [-0.3, -0.25) is 0 Å².